The van der Waals surface area contributed by atoms with Gasteiger partial charge in [-0.3, -0.25) is 4.79 Å². The van der Waals surface area contributed by atoms with Gasteiger partial charge in [0, 0.05) is 13.0 Å². The van der Waals surface area contributed by atoms with Crippen LogP contribution in [0, 0.1) is 23.2 Å². The molecule has 3 nitrogen and oxygen atoms in total. The number of amides is 1. The van der Waals surface area contributed by atoms with Crippen LogP contribution in [0.4, 0.5) is 0 Å². The van der Waals surface area contributed by atoms with E-state index in [0.717, 1.165) is 43.6 Å². The Morgan fingerprint density at radius 1 is 1.10 bits per heavy atom. The fraction of sp³-hybridized carbons (Fsp3) is 0.941. The molecule has 4 bridgehead atoms. The van der Waals surface area contributed by atoms with Gasteiger partial charge < -0.3 is 10.0 Å². The SMILES string of the molecule is O=C(CC12CC3CC(CC(C3)C1)C2)N1CCC[C@H]1CO. The molecule has 3 heteroatoms. The third-order valence-electron chi connectivity index (χ3n) is 6.60. The molecule has 5 rings (SSSR count). The molecular formula is C17H27NO2. The van der Waals surface area contributed by atoms with Crippen LogP contribution in [-0.4, -0.2) is 35.1 Å². The molecular weight excluding hydrogens is 250 g/mol. The fourth-order valence-electron chi connectivity index (χ4n) is 6.28. The van der Waals surface area contributed by atoms with Gasteiger partial charge in [-0.15, -0.1) is 0 Å². The first kappa shape index (κ1) is 13.1. The molecule has 0 unspecified atom stereocenters. The van der Waals surface area contributed by atoms with Crippen molar-refractivity contribution in [1.29, 1.82) is 0 Å². The summed E-state index contributed by atoms with van der Waals surface area (Å²) in [6, 6.07) is 0.108. The Labute approximate surface area is 121 Å². The number of rotatable bonds is 3. The first-order valence-corrected chi connectivity index (χ1v) is 8.58. The summed E-state index contributed by atoms with van der Waals surface area (Å²) in [5.41, 5.74) is 0.342. The Hall–Kier alpha value is -0.570. The highest BCUT2D eigenvalue weighted by Gasteiger charge is 2.52. The van der Waals surface area contributed by atoms with Crippen LogP contribution in [0.1, 0.15) is 57.8 Å². The van der Waals surface area contributed by atoms with Crippen LogP contribution in [-0.2, 0) is 4.79 Å². The summed E-state index contributed by atoms with van der Waals surface area (Å²) in [6.45, 7) is 1.02. The highest BCUT2D eigenvalue weighted by molar-refractivity contribution is 5.77. The van der Waals surface area contributed by atoms with E-state index in [-0.39, 0.29) is 12.6 Å². The molecule has 1 amide bonds. The molecule has 112 valence electrons. The predicted molar refractivity (Wildman–Crippen MR) is 77.0 cm³/mol. The Morgan fingerprint density at radius 2 is 1.70 bits per heavy atom. The summed E-state index contributed by atoms with van der Waals surface area (Å²) < 4.78 is 0. The maximum absolute atomic E-state index is 12.7. The van der Waals surface area contributed by atoms with Gasteiger partial charge in [-0.1, -0.05) is 0 Å². The van der Waals surface area contributed by atoms with Gasteiger partial charge >= 0.3 is 0 Å². The van der Waals surface area contributed by atoms with E-state index in [1.807, 2.05) is 4.90 Å². The molecule has 0 radical (unpaired) electrons. The van der Waals surface area contributed by atoms with Crippen molar-refractivity contribution in [3.63, 3.8) is 0 Å². The van der Waals surface area contributed by atoms with Gasteiger partial charge in [0.2, 0.25) is 5.91 Å². The highest BCUT2D eigenvalue weighted by atomic mass is 16.3. The van der Waals surface area contributed by atoms with Crippen molar-refractivity contribution in [1.82, 2.24) is 4.90 Å². The number of aliphatic hydroxyl groups excluding tert-OH is 1. The number of nitrogens with zero attached hydrogens (tertiary/aromatic N) is 1. The second-order valence-electron chi connectivity index (χ2n) is 8.16. The molecule has 0 spiro atoms. The zero-order valence-electron chi connectivity index (χ0n) is 12.4. The molecule has 1 N–H and O–H groups in total. The number of hydrogen-bond acceptors (Lipinski definition) is 2. The fourth-order valence-corrected chi connectivity index (χ4v) is 6.28. The molecule has 5 fully saturated rings. The standard InChI is InChI=1S/C17H27NO2/c19-11-15-2-1-3-18(15)16(20)10-17-7-12-4-13(8-17)6-14(5-12)9-17/h12-15,19H,1-11H2/t12?,13?,14?,15-,17?/m0/s1. The van der Waals surface area contributed by atoms with E-state index >= 15 is 0 Å². The summed E-state index contributed by atoms with van der Waals surface area (Å²) in [4.78, 5) is 14.7. The minimum atomic E-state index is 0.108. The third-order valence-corrected chi connectivity index (χ3v) is 6.60. The lowest BCUT2D eigenvalue weighted by Crippen LogP contribution is -2.49. The van der Waals surface area contributed by atoms with E-state index in [1.165, 1.54) is 38.5 Å². The van der Waals surface area contributed by atoms with Crippen molar-refractivity contribution >= 4 is 5.91 Å². The molecule has 20 heavy (non-hydrogen) atoms. The molecule has 1 saturated heterocycles. The summed E-state index contributed by atoms with van der Waals surface area (Å²) >= 11 is 0. The summed E-state index contributed by atoms with van der Waals surface area (Å²) in [5.74, 6) is 3.09. The van der Waals surface area contributed by atoms with E-state index in [4.69, 9.17) is 0 Å². The molecule has 4 saturated carbocycles. The highest BCUT2D eigenvalue weighted by Crippen LogP contribution is 2.61. The van der Waals surface area contributed by atoms with Crippen molar-refractivity contribution in [2.24, 2.45) is 23.2 Å². The minimum Gasteiger partial charge on any atom is -0.394 e. The van der Waals surface area contributed by atoms with Crippen LogP contribution in [0.3, 0.4) is 0 Å². The average Bonchev–Trinajstić information content (AvgIpc) is 2.84. The number of aliphatic hydroxyl groups is 1. The topological polar surface area (TPSA) is 40.5 Å². The maximum Gasteiger partial charge on any atom is 0.223 e. The second kappa shape index (κ2) is 4.72. The van der Waals surface area contributed by atoms with Crippen molar-refractivity contribution in [2.75, 3.05) is 13.2 Å². The van der Waals surface area contributed by atoms with Crippen LogP contribution in [0.15, 0.2) is 0 Å². The van der Waals surface area contributed by atoms with Crippen LogP contribution in [0.5, 0.6) is 0 Å². The maximum atomic E-state index is 12.7. The van der Waals surface area contributed by atoms with Gasteiger partial charge in [0.25, 0.3) is 0 Å². The van der Waals surface area contributed by atoms with Gasteiger partial charge in [0.05, 0.1) is 12.6 Å². The lowest BCUT2D eigenvalue weighted by Gasteiger charge is -2.57. The van der Waals surface area contributed by atoms with Crippen molar-refractivity contribution in [3.8, 4) is 0 Å². The second-order valence-corrected chi connectivity index (χ2v) is 8.16. The first-order valence-electron chi connectivity index (χ1n) is 8.58. The normalized spacial score (nSPS) is 46.1. The van der Waals surface area contributed by atoms with E-state index in [0.29, 0.717) is 11.3 Å². The van der Waals surface area contributed by atoms with Crippen LogP contribution < -0.4 is 0 Å². The third kappa shape index (κ3) is 2.09. The molecule has 0 aromatic carbocycles. The monoisotopic (exact) mass is 277 g/mol. The zero-order valence-corrected chi connectivity index (χ0v) is 12.4. The van der Waals surface area contributed by atoms with E-state index in [1.54, 1.807) is 0 Å². The first-order chi connectivity index (χ1) is 9.67. The average molecular weight is 277 g/mol. The minimum absolute atomic E-state index is 0.108. The molecule has 5 aliphatic rings. The lowest BCUT2D eigenvalue weighted by atomic mass is 9.49. The van der Waals surface area contributed by atoms with E-state index in [2.05, 4.69) is 0 Å². The van der Waals surface area contributed by atoms with E-state index < -0.39 is 0 Å². The van der Waals surface area contributed by atoms with Crippen molar-refractivity contribution in [3.05, 3.63) is 0 Å². The van der Waals surface area contributed by atoms with Crippen LogP contribution >= 0.6 is 0 Å². The van der Waals surface area contributed by atoms with E-state index in [9.17, 15) is 9.90 Å². The van der Waals surface area contributed by atoms with Crippen molar-refractivity contribution < 1.29 is 9.90 Å². The molecule has 0 aromatic rings. The molecule has 1 atom stereocenters. The Bertz CT molecular complexity index is 371. The zero-order chi connectivity index (χ0) is 13.7. The van der Waals surface area contributed by atoms with Gasteiger partial charge in [0.1, 0.15) is 0 Å². The molecule has 0 aromatic heterocycles. The summed E-state index contributed by atoms with van der Waals surface area (Å²) in [6.07, 6.45) is 11.1. The predicted octanol–water partition coefficient (Wildman–Crippen LogP) is 2.58. The Kier molecular flexibility index (Phi) is 3.10. The van der Waals surface area contributed by atoms with Gasteiger partial charge in [-0.25, -0.2) is 0 Å². The number of carbonyl (C=O) groups is 1. The number of carbonyl (C=O) groups excluding carboxylic acids is 1. The summed E-state index contributed by atoms with van der Waals surface area (Å²) in [7, 11) is 0. The molecule has 4 aliphatic carbocycles. The number of hydrogen-bond donors (Lipinski definition) is 1. The van der Waals surface area contributed by atoms with Crippen LogP contribution in [0.2, 0.25) is 0 Å². The molecule has 1 aliphatic heterocycles. The largest absolute Gasteiger partial charge is 0.394 e. The smallest absolute Gasteiger partial charge is 0.223 e. The van der Waals surface area contributed by atoms with Gasteiger partial charge in [-0.2, -0.15) is 0 Å². The van der Waals surface area contributed by atoms with Gasteiger partial charge in [0.15, 0.2) is 0 Å². The number of likely N-dealkylation sites (tertiary alicyclic amines) is 1. The summed E-state index contributed by atoms with van der Waals surface area (Å²) in [5, 5.41) is 9.42. The van der Waals surface area contributed by atoms with Crippen molar-refractivity contribution in [2.45, 2.75) is 63.8 Å². The Balaban J connectivity index is 1.47. The quantitative estimate of drug-likeness (QED) is 0.861. The Morgan fingerprint density at radius 3 is 2.25 bits per heavy atom. The lowest BCUT2D eigenvalue weighted by molar-refractivity contribution is -0.141. The van der Waals surface area contributed by atoms with Crippen LogP contribution in [0.25, 0.3) is 0 Å². The molecule has 1 heterocycles. The van der Waals surface area contributed by atoms with Gasteiger partial charge in [-0.05, 0) is 74.5 Å².